The minimum absolute atomic E-state index is 0.116. The molecule has 7 heteroatoms. The Morgan fingerprint density at radius 2 is 2.03 bits per heavy atom. The Labute approximate surface area is 181 Å². The summed E-state index contributed by atoms with van der Waals surface area (Å²) in [5, 5.41) is 6.68. The van der Waals surface area contributed by atoms with E-state index in [4.69, 9.17) is 0 Å². The predicted octanol–water partition coefficient (Wildman–Crippen LogP) is 3.25. The van der Waals surface area contributed by atoms with Crippen LogP contribution in [0.25, 0.3) is 22.0 Å². The lowest BCUT2D eigenvalue weighted by Crippen LogP contribution is -2.46. The molecule has 2 N–H and O–H groups in total. The number of likely N-dealkylation sites (N-methyl/N-ethyl adjacent to an activating group) is 1. The molecule has 0 bridgehead atoms. The molecule has 1 aromatic heterocycles. The predicted molar refractivity (Wildman–Crippen MR) is 122 cm³/mol. The van der Waals surface area contributed by atoms with E-state index in [0.29, 0.717) is 11.2 Å². The molecule has 1 unspecified atom stereocenters. The number of carbonyl (C=O) groups is 2. The molecule has 2 amide bonds. The molecule has 4 rings (SSSR count). The van der Waals surface area contributed by atoms with Crippen molar-refractivity contribution in [1.29, 1.82) is 0 Å². The lowest BCUT2D eigenvalue weighted by molar-refractivity contribution is -0.111. The van der Waals surface area contributed by atoms with Crippen LogP contribution in [-0.4, -0.2) is 52.9 Å². The summed E-state index contributed by atoms with van der Waals surface area (Å²) < 4.78 is 0. The number of nitrogens with one attached hydrogen (secondary N) is 2. The van der Waals surface area contributed by atoms with Crippen molar-refractivity contribution in [2.24, 2.45) is 0 Å². The van der Waals surface area contributed by atoms with E-state index in [0.717, 1.165) is 42.4 Å². The molecular weight excluding hydrogens is 390 g/mol. The van der Waals surface area contributed by atoms with E-state index in [1.807, 2.05) is 42.5 Å². The number of aromatic nitrogens is 2. The Bertz CT molecular complexity index is 1140. The highest BCUT2D eigenvalue weighted by Crippen LogP contribution is 2.25. The van der Waals surface area contributed by atoms with Crippen molar-refractivity contribution in [2.75, 3.05) is 25.5 Å². The average Bonchev–Trinajstić information content (AvgIpc) is 2.78. The molecular formula is C24H25N5O2. The van der Waals surface area contributed by atoms with Gasteiger partial charge in [-0.25, -0.2) is 9.97 Å². The van der Waals surface area contributed by atoms with Crippen LogP contribution < -0.4 is 10.6 Å². The maximum Gasteiger partial charge on any atom is 0.289 e. The lowest BCUT2D eigenvalue weighted by atomic mass is 10.0. The first-order valence-corrected chi connectivity index (χ1v) is 10.3. The number of benzene rings is 2. The average molecular weight is 415 g/mol. The largest absolute Gasteiger partial charge is 0.345 e. The second-order valence-corrected chi connectivity index (χ2v) is 7.82. The molecule has 3 aromatic rings. The number of fused-ring (bicyclic) bond motifs is 1. The lowest BCUT2D eigenvalue weighted by Gasteiger charge is -2.29. The SMILES string of the molecule is C=CC(=O)Nc1cccc(-c2ccc3cnc(C(=O)NC4CCCN(C)C4)nc3c2)c1. The molecule has 7 nitrogen and oxygen atoms in total. The van der Waals surface area contributed by atoms with E-state index in [1.54, 1.807) is 6.20 Å². The first kappa shape index (κ1) is 20.7. The van der Waals surface area contributed by atoms with Crippen molar-refractivity contribution in [3.05, 3.63) is 67.1 Å². The molecule has 0 aliphatic carbocycles. The van der Waals surface area contributed by atoms with Crippen LogP contribution in [0.3, 0.4) is 0 Å². The third kappa shape index (κ3) is 4.95. The number of likely N-dealkylation sites (tertiary alicyclic amines) is 1. The van der Waals surface area contributed by atoms with Gasteiger partial charge in [-0.3, -0.25) is 9.59 Å². The smallest absolute Gasteiger partial charge is 0.289 e. The number of anilines is 1. The van der Waals surface area contributed by atoms with Gasteiger partial charge in [0.05, 0.1) is 5.52 Å². The number of amides is 2. The Kier molecular flexibility index (Phi) is 6.04. The third-order valence-corrected chi connectivity index (χ3v) is 5.39. The number of carbonyl (C=O) groups excluding carboxylic acids is 2. The number of nitrogens with zero attached hydrogens (tertiary/aromatic N) is 3. The Balaban J connectivity index is 1.57. The van der Waals surface area contributed by atoms with E-state index < -0.39 is 0 Å². The van der Waals surface area contributed by atoms with Gasteiger partial charge in [0.2, 0.25) is 11.7 Å². The number of hydrogen-bond donors (Lipinski definition) is 2. The summed E-state index contributed by atoms with van der Waals surface area (Å²) in [6.07, 6.45) is 4.94. The molecule has 1 aliphatic rings. The van der Waals surface area contributed by atoms with Gasteiger partial charge in [0.25, 0.3) is 5.91 Å². The fraction of sp³-hybridized carbons (Fsp3) is 0.250. The molecule has 1 saturated heterocycles. The quantitative estimate of drug-likeness (QED) is 0.625. The summed E-state index contributed by atoms with van der Waals surface area (Å²) in [7, 11) is 2.06. The van der Waals surface area contributed by atoms with Crippen LogP contribution in [0.2, 0.25) is 0 Å². The normalized spacial score (nSPS) is 16.6. The zero-order chi connectivity index (χ0) is 21.8. The fourth-order valence-electron chi connectivity index (χ4n) is 3.82. The maximum atomic E-state index is 12.7. The van der Waals surface area contributed by atoms with E-state index >= 15 is 0 Å². The van der Waals surface area contributed by atoms with Gasteiger partial charge in [0, 0.05) is 29.9 Å². The molecule has 1 fully saturated rings. The van der Waals surface area contributed by atoms with Gasteiger partial charge in [-0.05, 0) is 61.8 Å². The van der Waals surface area contributed by atoms with Crippen LogP contribution in [-0.2, 0) is 4.79 Å². The van der Waals surface area contributed by atoms with E-state index in [-0.39, 0.29) is 23.7 Å². The molecule has 31 heavy (non-hydrogen) atoms. The second-order valence-electron chi connectivity index (χ2n) is 7.82. The van der Waals surface area contributed by atoms with Gasteiger partial charge in [0.1, 0.15) is 0 Å². The molecule has 2 aromatic carbocycles. The van der Waals surface area contributed by atoms with E-state index in [2.05, 4.69) is 39.1 Å². The summed E-state index contributed by atoms with van der Waals surface area (Å²) in [6, 6.07) is 13.5. The van der Waals surface area contributed by atoms with Crippen molar-refractivity contribution in [3.63, 3.8) is 0 Å². The summed E-state index contributed by atoms with van der Waals surface area (Å²) in [4.78, 5) is 35.3. The summed E-state index contributed by atoms with van der Waals surface area (Å²) in [5.74, 6) is -0.338. The van der Waals surface area contributed by atoms with Gasteiger partial charge in [0.15, 0.2) is 0 Å². The minimum atomic E-state index is -0.261. The number of piperidine rings is 1. The molecule has 0 radical (unpaired) electrons. The van der Waals surface area contributed by atoms with Crippen molar-refractivity contribution in [1.82, 2.24) is 20.2 Å². The zero-order valence-electron chi connectivity index (χ0n) is 17.5. The molecule has 2 heterocycles. The Morgan fingerprint density at radius 3 is 2.84 bits per heavy atom. The van der Waals surface area contributed by atoms with Crippen LogP contribution in [0.5, 0.6) is 0 Å². The van der Waals surface area contributed by atoms with Crippen molar-refractivity contribution in [2.45, 2.75) is 18.9 Å². The van der Waals surface area contributed by atoms with E-state index in [9.17, 15) is 9.59 Å². The van der Waals surface area contributed by atoms with Gasteiger partial charge in [-0.1, -0.05) is 30.8 Å². The van der Waals surface area contributed by atoms with Gasteiger partial charge in [-0.15, -0.1) is 0 Å². The monoisotopic (exact) mass is 415 g/mol. The second kappa shape index (κ2) is 9.06. The third-order valence-electron chi connectivity index (χ3n) is 5.39. The number of rotatable bonds is 5. The molecule has 0 saturated carbocycles. The topological polar surface area (TPSA) is 87.2 Å². The summed E-state index contributed by atoms with van der Waals surface area (Å²) >= 11 is 0. The molecule has 0 spiro atoms. The highest BCUT2D eigenvalue weighted by atomic mass is 16.2. The fourth-order valence-corrected chi connectivity index (χ4v) is 3.82. The van der Waals surface area contributed by atoms with Crippen molar-refractivity contribution >= 4 is 28.4 Å². The first-order valence-electron chi connectivity index (χ1n) is 10.3. The van der Waals surface area contributed by atoms with Crippen LogP contribution in [0.15, 0.2) is 61.3 Å². The van der Waals surface area contributed by atoms with Gasteiger partial charge in [-0.2, -0.15) is 0 Å². The molecule has 1 aliphatic heterocycles. The first-order chi connectivity index (χ1) is 15.0. The Hall–Kier alpha value is -3.58. The summed E-state index contributed by atoms with van der Waals surface area (Å²) in [5.41, 5.74) is 3.24. The molecule has 1 atom stereocenters. The van der Waals surface area contributed by atoms with Crippen LogP contribution in [0.1, 0.15) is 23.5 Å². The van der Waals surface area contributed by atoms with Gasteiger partial charge >= 0.3 is 0 Å². The maximum absolute atomic E-state index is 12.7. The highest BCUT2D eigenvalue weighted by molar-refractivity contribution is 5.99. The highest BCUT2D eigenvalue weighted by Gasteiger charge is 2.21. The minimum Gasteiger partial charge on any atom is -0.345 e. The zero-order valence-corrected chi connectivity index (χ0v) is 17.5. The van der Waals surface area contributed by atoms with Crippen LogP contribution in [0.4, 0.5) is 5.69 Å². The van der Waals surface area contributed by atoms with Crippen molar-refractivity contribution < 1.29 is 9.59 Å². The Morgan fingerprint density at radius 1 is 1.19 bits per heavy atom. The van der Waals surface area contributed by atoms with Gasteiger partial charge < -0.3 is 15.5 Å². The van der Waals surface area contributed by atoms with Crippen molar-refractivity contribution in [3.8, 4) is 11.1 Å². The standard InChI is InChI=1S/C24H25N5O2/c1-3-22(30)26-19-7-4-6-16(12-19)17-9-10-18-14-25-23(28-21(18)13-17)24(31)27-20-8-5-11-29(2)15-20/h3-4,6-7,9-10,12-14,20H,1,5,8,11,15H2,2H3,(H,26,30)(H,27,31). The van der Waals surface area contributed by atoms with Crippen LogP contribution >= 0.6 is 0 Å². The van der Waals surface area contributed by atoms with E-state index in [1.165, 1.54) is 6.08 Å². The van der Waals surface area contributed by atoms with Crippen LogP contribution in [0, 0.1) is 0 Å². The summed E-state index contributed by atoms with van der Waals surface area (Å²) in [6.45, 7) is 5.36. The number of hydrogen-bond acceptors (Lipinski definition) is 5. The molecule has 158 valence electrons.